The number of aryl methyl sites for hydroxylation is 2. The molecule has 0 saturated carbocycles. The maximum atomic E-state index is 4.58. The molecule has 0 saturated heterocycles. The predicted octanol–water partition coefficient (Wildman–Crippen LogP) is 2.75. The van der Waals surface area contributed by atoms with E-state index in [1.54, 1.807) is 16.4 Å². The number of anilines is 1. The first kappa shape index (κ1) is 13.9. The molecule has 6 heteroatoms. The summed E-state index contributed by atoms with van der Waals surface area (Å²) in [5.41, 5.74) is 0. The summed E-state index contributed by atoms with van der Waals surface area (Å²) in [7, 11) is 1.91. The minimum absolute atomic E-state index is 0.861. The third-order valence-electron chi connectivity index (χ3n) is 2.48. The predicted molar refractivity (Wildman–Crippen MR) is 77.5 cm³/mol. The van der Waals surface area contributed by atoms with Crippen LogP contribution in [0.1, 0.15) is 26.1 Å². The lowest BCUT2D eigenvalue weighted by Gasteiger charge is -2.07. The fourth-order valence-electron chi connectivity index (χ4n) is 1.70. The van der Waals surface area contributed by atoms with Gasteiger partial charge in [0.2, 0.25) is 0 Å². The van der Waals surface area contributed by atoms with Crippen LogP contribution in [-0.4, -0.2) is 26.3 Å². The Morgan fingerprint density at radius 2 is 2.16 bits per heavy atom. The van der Waals surface area contributed by atoms with Crippen LogP contribution in [0, 0.1) is 0 Å². The van der Waals surface area contributed by atoms with Crippen molar-refractivity contribution in [3.8, 4) is 0 Å². The van der Waals surface area contributed by atoms with Crippen molar-refractivity contribution < 1.29 is 0 Å². The van der Waals surface area contributed by atoms with Gasteiger partial charge in [-0.1, -0.05) is 18.7 Å². The molecule has 102 valence electrons. The van der Waals surface area contributed by atoms with Crippen molar-refractivity contribution >= 4 is 17.6 Å². The standard InChI is InChI=1S/C13H19N5S/c1-4-6-11-16-12(14-5-2)7-13(17-11)19-10-8-15-18(3)9-10/h7-9H,4-6H2,1-3H3,(H,14,16,17). The molecule has 2 heterocycles. The van der Waals surface area contributed by atoms with E-state index in [9.17, 15) is 0 Å². The van der Waals surface area contributed by atoms with E-state index in [2.05, 4.69) is 34.2 Å². The molecule has 1 N–H and O–H groups in total. The maximum absolute atomic E-state index is 4.58. The van der Waals surface area contributed by atoms with E-state index in [0.29, 0.717) is 0 Å². The monoisotopic (exact) mass is 277 g/mol. The van der Waals surface area contributed by atoms with Gasteiger partial charge >= 0.3 is 0 Å². The number of nitrogens with one attached hydrogen (secondary N) is 1. The Kier molecular flexibility index (Phi) is 4.79. The normalized spacial score (nSPS) is 10.7. The van der Waals surface area contributed by atoms with Crippen LogP contribution < -0.4 is 5.32 Å². The molecule has 0 amide bonds. The Labute approximate surface area is 117 Å². The first-order chi connectivity index (χ1) is 9.21. The number of hydrogen-bond donors (Lipinski definition) is 1. The van der Waals surface area contributed by atoms with E-state index < -0.39 is 0 Å². The molecule has 19 heavy (non-hydrogen) atoms. The van der Waals surface area contributed by atoms with Gasteiger partial charge in [-0.15, -0.1) is 0 Å². The molecule has 0 radical (unpaired) electrons. The first-order valence-corrected chi connectivity index (χ1v) is 7.31. The van der Waals surface area contributed by atoms with Gasteiger partial charge in [-0.05, 0) is 13.3 Å². The third-order valence-corrected chi connectivity index (χ3v) is 3.35. The molecule has 0 atom stereocenters. The van der Waals surface area contributed by atoms with Crippen molar-refractivity contribution in [1.82, 2.24) is 19.7 Å². The highest BCUT2D eigenvalue weighted by Gasteiger charge is 2.06. The fourth-order valence-corrected chi connectivity index (χ4v) is 2.57. The zero-order valence-corrected chi connectivity index (χ0v) is 12.4. The molecule has 2 rings (SSSR count). The van der Waals surface area contributed by atoms with Gasteiger partial charge < -0.3 is 5.32 Å². The van der Waals surface area contributed by atoms with E-state index >= 15 is 0 Å². The lowest BCUT2D eigenvalue weighted by Crippen LogP contribution is -2.04. The van der Waals surface area contributed by atoms with Crippen LogP contribution in [-0.2, 0) is 13.5 Å². The molecule has 2 aromatic rings. The number of aromatic nitrogens is 4. The Morgan fingerprint density at radius 1 is 1.32 bits per heavy atom. The van der Waals surface area contributed by atoms with Crippen molar-refractivity contribution in [2.75, 3.05) is 11.9 Å². The SMILES string of the molecule is CCCc1nc(NCC)cc(Sc2cnn(C)c2)n1. The highest BCUT2D eigenvalue weighted by atomic mass is 32.2. The molecule has 5 nitrogen and oxygen atoms in total. The highest BCUT2D eigenvalue weighted by Crippen LogP contribution is 2.27. The van der Waals surface area contributed by atoms with Gasteiger partial charge in [-0.2, -0.15) is 5.10 Å². The summed E-state index contributed by atoms with van der Waals surface area (Å²) in [5.74, 6) is 1.79. The van der Waals surface area contributed by atoms with Crippen molar-refractivity contribution in [2.45, 2.75) is 36.6 Å². The summed E-state index contributed by atoms with van der Waals surface area (Å²) < 4.78 is 1.79. The molecule has 0 aliphatic heterocycles. The summed E-state index contributed by atoms with van der Waals surface area (Å²) in [5, 5.41) is 8.38. The summed E-state index contributed by atoms with van der Waals surface area (Å²) in [6.45, 7) is 5.06. The zero-order valence-electron chi connectivity index (χ0n) is 11.6. The lowest BCUT2D eigenvalue weighted by molar-refractivity contribution is 0.766. The van der Waals surface area contributed by atoms with Gasteiger partial charge in [-0.3, -0.25) is 4.68 Å². The highest BCUT2D eigenvalue weighted by molar-refractivity contribution is 7.99. The van der Waals surface area contributed by atoms with Crippen LogP contribution in [0.5, 0.6) is 0 Å². The summed E-state index contributed by atoms with van der Waals surface area (Å²) >= 11 is 1.61. The van der Waals surface area contributed by atoms with E-state index in [1.807, 2.05) is 25.5 Å². The number of hydrogen-bond acceptors (Lipinski definition) is 5. The lowest BCUT2D eigenvalue weighted by atomic mass is 10.3. The van der Waals surface area contributed by atoms with Crippen LogP contribution in [0.3, 0.4) is 0 Å². The summed E-state index contributed by atoms with van der Waals surface area (Å²) in [4.78, 5) is 10.2. The number of nitrogens with zero attached hydrogens (tertiary/aromatic N) is 4. The van der Waals surface area contributed by atoms with Crippen LogP contribution in [0.25, 0.3) is 0 Å². The van der Waals surface area contributed by atoms with Crippen LogP contribution in [0.15, 0.2) is 28.4 Å². The fraction of sp³-hybridized carbons (Fsp3) is 0.462. The minimum atomic E-state index is 0.861. The zero-order chi connectivity index (χ0) is 13.7. The van der Waals surface area contributed by atoms with Crippen LogP contribution in [0.2, 0.25) is 0 Å². The van der Waals surface area contributed by atoms with Gasteiger partial charge in [0.05, 0.1) is 11.1 Å². The van der Waals surface area contributed by atoms with Crippen molar-refractivity contribution in [3.05, 3.63) is 24.3 Å². The molecular formula is C13H19N5S. The third kappa shape index (κ3) is 3.96. The Hall–Kier alpha value is -1.56. The Bertz CT molecular complexity index is 513. The van der Waals surface area contributed by atoms with Gasteiger partial charge in [0.25, 0.3) is 0 Å². The first-order valence-electron chi connectivity index (χ1n) is 6.49. The van der Waals surface area contributed by atoms with Gasteiger partial charge in [0.15, 0.2) is 0 Å². The van der Waals surface area contributed by atoms with Crippen molar-refractivity contribution in [1.29, 1.82) is 0 Å². The number of rotatable bonds is 6. The van der Waals surface area contributed by atoms with Crippen molar-refractivity contribution in [2.24, 2.45) is 7.05 Å². The smallest absolute Gasteiger partial charge is 0.132 e. The van der Waals surface area contributed by atoms with Crippen LogP contribution >= 0.6 is 11.8 Å². The topological polar surface area (TPSA) is 55.6 Å². The van der Waals surface area contributed by atoms with Gasteiger partial charge in [0.1, 0.15) is 16.7 Å². The second kappa shape index (κ2) is 6.56. The second-order valence-corrected chi connectivity index (χ2v) is 5.33. The average molecular weight is 277 g/mol. The summed E-state index contributed by atoms with van der Waals surface area (Å²) in [6, 6.07) is 1.99. The van der Waals surface area contributed by atoms with Crippen molar-refractivity contribution in [3.63, 3.8) is 0 Å². The van der Waals surface area contributed by atoms with E-state index in [-0.39, 0.29) is 0 Å². The van der Waals surface area contributed by atoms with E-state index in [0.717, 1.165) is 41.0 Å². The minimum Gasteiger partial charge on any atom is -0.370 e. The summed E-state index contributed by atoms with van der Waals surface area (Å²) in [6.07, 6.45) is 5.78. The molecular weight excluding hydrogens is 258 g/mol. The molecule has 0 unspecified atom stereocenters. The molecule has 0 aliphatic rings. The molecule has 2 aromatic heterocycles. The second-order valence-electron chi connectivity index (χ2n) is 4.24. The Morgan fingerprint density at radius 3 is 2.79 bits per heavy atom. The van der Waals surface area contributed by atoms with E-state index in [1.165, 1.54) is 0 Å². The van der Waals surface area contributed by atoms with Gasteiger partial charge in [-0.25, -0.2) is 9.97 Å². The quantitative estimate of drug-likeness (QED) is 0.823. The largest absolute Gasteiger partial charge is 0.370 e. The Balaban J connectivity index is 2.22. The molecule has 0 bridgehead atoms. The van der Waals surface area contributed by atoms with Gasteiger partial charge in [0, 0.05) is 32.3 Å². The van der Waals surface area contributed by atoms with E-state index in [4.69, 9.17) is 0 Å². The molecule has 0 fully saturated rings. The molecule has 0 spiro atoms. The molecule has 0 aliphatic carbocycles. The molecule has 0 aromatic carbocycles. The average Bonchev–Trinajstić information content (AvgIpc) is 2.75. The van der Waals surface area contributed by atoms with Crippen LogP contribution in [0.4, 0.5) is 5.82 Å². The maximum Gasteiger partial charge on any atom is 0.132 e.